The van der Waals surface area contributed by atoms with Crippen molar-refractivity contribution in [1.29, 1.82) is 0 Å². The molecule has 0 unspecified atom stereocenters. The Morgan fingerprint density at radius 3 is 2.80 bits per heavy atom. The van der Waals surface area contributed by atoms with Gasteiger partial charge in [-0.2, -0.15) is 0 Å². The third-order valence-corrected chi connectivity index (χ3v) is 4.25. The monoisotopic (exact) mass is 342 g/mol. The van der Waals surface area contributed by atoms with E-state index in [1.165, 1.54) is 0 Å². The first-order chi connectivity index (χ1) is 12.1. The third-order valence-electron chi connectivity index (χ3n) is 4.25. The summed E-state index contributed by atoms with van der Waals surface area (Å²) < 4.78 is 5.11. The quantitative estimate of drug-likeness (QED) is 0.871. The molecule has 3 rings (SSSR count). The van der Waals surface area contributed by atoms with Crippen LogP contribution in [-0.4, -0.2) is 29.7 Å². The molecule has 0 bridgehead atoms. The summed E-state index contributed by atoms with van der Waals surface area (Å²) in [4.78, 5) is 26.2. The van der Waals surface area contributed by atoms with Crippen LogP contribution in [0.2, 0.25) is 0 Å². The van der Waals surface area contributed by atoms with Gasteiger partial charge in [-0.3, -0.25) is 4.79 Å². The van der Waals surface area contributed by atoms with Crippen molar-refractivity contribution in [3.05, 3.63) is 47.3 Å². The lowest BCUT2D eigenvalue weighted by molar-refractivity contribution is -0.118. The number of carbonyl (C=O) groups is 2. The van der Waals surface area contributed by atoms with Gasteiger partial charge in [0.2, 0.25) is 5.91 Å². The molecule has 2 aromatic rings. The summed E-state index contributed by atoms with van der Waals surface area (Å²) in [6, 6.07) is 8.69. The zero-order chi connectivity index (χ0) is 17.8. The summed E-state index contributed by atoms with van der Waals surface area (Å²) in [6.45, 7) is 4.81. The van der Waals surface area contributed by atoms with Crippen LogP contribution in [0.4, 0.5) is 10.5 Å². The minimum Gasteiger partial charge on any atom is -0.359 e. The van der Waals surface area contributed by atoms with Gasteiger partial charge in [0.25, 0.3) is 0 Å². The van der Waals surface area contributed by atoms with Crippen LogP contribution in [0, 0.1) is 6.92 Å². The first-order valence-electron chi connectivity index (χ1n) is 8.43. The number of nitrogens with one attached hydrogen (secondary N) is 2. The van der Waals surface area contributed by atoms with Crippen LogP contribution in [0.1, 0.15) is 30.4 Å². The average molecular weight is 342 g/mol. The number of aromatic nitrogens is 1. The summed E-state index contributed by atoms with van der Waals surface area (Å²) in [5.74, 6) is 0.498. The van der Waals surface area contributed by atoms with Gasteiger partial charge in [-0.25, -0.2) is 4.79 Å². The fraction of sp³-hybridized carbons (Fsp3) is 0.389. The van der Waals surface area contributed by atoms with Crippen LogP contribution < -0.4 is 15.5 Å². The number of urea groups is 1. The molecular formula is C18H22N4O3. The highest BCUT2D eigenvalue weighted by Crippen LogP contribution is 2.21. The van der Waals surface area contributed by atoms with Gasteiger partial charge in [0, 0.05) is 18.3 Å². The van der Waals surface area contributed by atoms with Gasteiger partial charge in [0.15, 0.2) is 5.76 Å². The zero-order valence-electron chi connectivity index (χ0n) is 14.4. The Kier molecular flexibility index (Phi) is 5.02. The smallest absolute Gasteiger partial charge is 0.315 e. The molecule has 2 N–H and O–H groups in total. The molecule has 2 heterocycles. The molecule has 1 saturated heterocycles. The SMILES string of the molecule is CCc1cc(CNC(=O)N[C@H]2CCN(c3ccc(C)cc3)C2=O)on1. The first-order valence-corrected chi connectivity index (χ1v) is 8.43. The van der Waals surface area contributed by atoms with Gasteiger partial charge < -0.3 is 20.1 Å². The van der Waals surface area contributed by atoms with Crippen molar-refractivity contribution >= 4 is 17.6 Å². The van der Waals surface area contributed by atoms with Crippen LogP contribution in [0.5, 0.6) is 0 Å². The maximum atomic E-state index is 12.5. The lowest BCUT2D eigenvalue weighted by Crippen LogP contribution is -2.45. The molecule has 7 heteroatoms. The van der Waals surface area contributed by atoms with Gasteiger partial charge in [0.05, 0.1) is 12.2 Å². The number of nitrogens with zero attached hydrogens (tertiary/aromatic N) is 2. The van der Waals surface area contributed by atoms with E-state index >= 15 is 0 Å². The number of carbonyl (C=O) groups excluding carboxylic acids is 2. The fourth-order valence-electron chi connectivity index (χ4n) is 2.78. The Morgan fingerprint density at radius 2 is 2.12 bits per heavy atom. The molecule has 1 atom stereocenters. The highest BCUT2D eigenvalue weighted by atomic mass is 16.5. The van der Waals surface area contributed by atoms with E-state index in [1.54, 1.807) is 11.0 Å². The van der Waals surface area contributed by atoms with E-state index in [2.05, 4.69) is 15.8 Å². The first kappa shape index (κ1) is 17.0. The minimum absolute atomic E-state index is 0.0908. The van der Waals surface area contributed by atoms with Crippen LogP contribution in [-0.2, 0) is 17.8 Å². The summed E-state index contributed by atoms with van der Waals surface area (Å²) >= 11 is 0. The van der Waals surface area contributed by atoms with Crippen molar-refractivity contribution in [2.75, 3.05) is 11.4 Å². The van der Waals surface area contributed by atoms with Gasteiger partial charge in [-0.1, -0.05) is 29.8 Å². The van der Waals surface area contributed by atoms with Crippen molar-refractivity contribution in [2.45, 2.75) is 39.3 Å². The largest absolute Gasteiger partial charge is 0.359 e. The van der Waals surface area contributed by atoms with Crippen molar-refractivity contribution in [3.8, 4) is 0 Å². The van der Waals surface area contributed by atoms with Crippen LogP contribution in [0.25, 0.3) is 0 Å². The molecule has 1 aliphatic heterocycles. The van der Waals surface area contributed by atoms with E-state index in [4.69, 9.17) is 4.52 Å². The molecule has 132 valence electrons. The third kappa shape index (κ3) is 3.99. The molecule has 25 heavy (non-hydrogen) atoms. The zero-order valence-corrected chi connectivity index (χ0v) is 14.4. The fourth-order valence-corrected chi connectivity index (χ4v) is 2.78. The highest BCUT2D eigenvalue weighted by Gasteiger charge is 2.33. The Hall–Kier alpha value is -2.83. The molecule has 1 aromatic heterocycles. The van der Waals surface area contributed by atoms with Crippen molar-refractivity contribution in [2.24, 2.45) is 0 Å². The Bertz CT molecular complexity index is 754. The van der Waals surface area contributed by atoms with Crippen LogP contribution in [0.3, 0.4) is 0 Å². The number of aryl methyl sites for hydroxylation is 2. The van der Waals surface area contributed by atoms with Crippen molar-refractivity contribution < 1.29 is 14.1 Å². The molecule has 3 amide bonds. The van der Waals surface area contributed by atoms with Crippen molar-refractivity contribution in [3.63, 3.8) is 0 Å². The topological polar surface area (TPSA) is 87.5 Å². The summed E-state index contributed by atoms with van der Waals surface area (Å²) in [5.41, 5.74) is 2.84. The van der Waals surface area contributed by atoms with Gasteiger partial charge in [0.1, 0.15) is 6.04 Å². The molecule has 0 saturated carbocycles. The number of hydrogen-bond acceptors (Lipinski definition) is 4. The molecule has 7 nitrogen and oxygen atoms in total. The minimum atomic E-state index is -0.512. The van der Waals surface area contributed by atoms with E-state index in [0.29, 0.717) is 18.7 Å². The summed E-state index contributed by atoms with van der Waals surface area (Å²) in [7, 11) is 0. The Balaban J connectivity index is 1.51. The van der Waals surface area contributed by atoms with Crippen LogP contribution >= 0.6 is 0 Å². The second kappa shape index (κ2) is 7.38. The number of anilines is 1. The van der Waals surface area contributed by atoms with E-state index < -0.39 is 12.1 Å². The number of benzene rings is 1. The van der Waals surface area contributed by atoms with Gasteiger partial charge in [-0.15, -0.1) is 0 Å². The molecule has 1 aromatic carbocycles. The van der Waals surface area contributed by atoms with E-state index in [-0.39, 0.29) is 12.5 Å². The highest BCUT2D eigenvalue weighted by molar-refractivity contribution is 6.01. The Morgan fingerprint density at radius 1 is 1.36 bits per heavy atom. The maximum Gasteiger partial charge on any atom is 0.315 e. The Labute approximate surface area is 146 Å². The van der Waals surface area contributed by atoms with Gasteiger partial charge in [-0.05, 0) is 31.9 Å². The molecule has 0 aliphatic carbocycles. The normalized spacial score (nSPS) is 17.0. The standard InChI is InChI=1S/C18H22N4O3/c1-3-13-10-15(25-21-13)11-19-18(24)20-16-8-9-22(17(16)23)14-6-4-12(2)5-7-14/h4-7,10,16H,3,8-9,11H2,1-2H3,(H2,19,20,24)/t16-/m0/s1. The predicted molar refractivity (Wildman–Crippen MR) is 93.2 cm³/mol. The summed E-state index contributed by atoms with van der Waals surface area (Å²) in [5, 5.41) is 9.29. The predicted octanol–water partition coefficient (Wildman–Crippen LogP) is 2.15. The molecular weight excluding hydrogens is 320 g/mol. The number of rotatable bonds is 5. The molecule has 1 fully saturated rings. The van der Waals surface area contributed by atoms with E-state index in [0.717, 1.165) is 23.4 Å². The lowest BCUT2D eigenvalue weighted by atomic mass is 10.2. The summed E-state index contributed by atoms with van der Waals surface area (Å²) in [6.07, 6.45) is 1.36. The second-order valence-electron chi connectivity index (χ2n) is 6.13. The molecule has 0 radical (unpaired) electrons. The van der Waals surface area contributed by atoms with Crippen LogP contribution in [0.15, 0.2) is 34.9 Å². The molecule has 1 aliphatic rings. The number of amides is 3. The average Bonchev–Trinajstić information content (AvgIpc) is 3.21. The lowest BCUT2D eigenvalue weighted by Gasteiger charge is -2.17. The van der Waals surface area contributed by atoms with Gasteiger partial charge >= 0.3 is 6.03 Å². The number of hydrogen-bond donors (Lipinski definition) is 2. The van der Waals surface area contributed by atoms with E-state index in [9.17, 15) is 9.59 Å². The van der Waals surface area contributed by atoms with E-state index in [1.807, 2.05) is 38.1 Å². The van der Waals surface area contributed by atoms with Crippen molar-refractivity contribution in [1.82, 2.24) is 15.8 Å². The maximum absolute atomic E-state index is 12.5. The second-order valence-corrected chi connectivity index (χ2v) is 6.13. The molecule has 0 spiro atoms.